The van der Waals surface area contributed by atoms with Crippen LogP contribution in [0.3, 0.4) is 0 Å². The Labute approximate surface area is 200 Å². The van der Waals surface area contributed by atoms with E-state index in [0.29, 0.717) is 27.8 Å². The van der Waals surface area contributed by atoms with E-state index in [4.69, 9.17) is 4.74 Å². The van der Waals surface area contributed by atoms with Crippen LogP contribution in [0.4, 0.5) is 36.4 Å². The van der Waals surface area contributed by atoms with Crippen LogP contribution in [0.25, 0.3) is 11.1 Å². The molecule has 5 nitrogen and oxygen atoms in total. The maximum atomic E-state index is 14.5. The predicted molar refractivity (Wildman–Crippen MR) is 117 cm³/mol. The SMILES string of the molecule is COc1ncc(-c2cccc(C3CC(C(F)(F)C(F)(F)F)=NN3c3ccc(F)cc3F)c2)cc1CO. The molecule has 0 amide bonds. The molecule has 1 unspecified atom stereocenters. The second-order valence-electron chi connectivity index (χ2n) is 7.96. The molecule has 36 heavy (non-hydrogen) atoms. The second kappa shape index (κ2) is 9.41. The number of hydrogen-bond acceptors (Lipinski definition) is 5. The molecule has 0 radical (unpaired) electrons. The highest BCUT2D eigenvalue weighted by Crippen LogP contribution is 2.45. The minimum atomic E-state index is -5.91. The van der Waals surface area contributed by atoms with Gasteiger partial charge in [-0.1, -0.05) is 18.2 Å². The number of hydrazone groups is 1. The highest BCUT2D eigenvalue weighted by atomic mass is 19.4. The van der Waals surface area contributed by atoms with E-state index in [1.807, 2.05) is 0 Å². The number of aliphatic hydroxyl groups excluding tert-OH is 1. The zero-order valence-corrected chi connectivity index (χ0v) is 18.5. The Morgan fingerprint density at radius 2 is 1.78 bits per heavy atom. The van der Waals surface area contributed by atoms with Crippen LogP contribution >= 0.6 is 0 Å². The van der Waals surface area contributed by atoms with Crippen molar-refractivity contribution in [2.75, 3.05) is 12.1 Å². The first-order chi connectivity index (χ1) is 17.0. The third kappa shape index (κ3) is 4.60. The molecular weight excluding hydrogens is 495 g/mol. The van der Waals surface area contributed by atoms with Gasteiger partial charge < -0.3 is 9.84 Å². The quantitative estimate of drug-likeness (QED) is 0.409. The molecule has 0 saturated carbocycles. The van der Waals surface area contributed by atoms with Gasteiger partial charge in [0.05, 0.1) is 25.4 Å². The Kier molecular flexibility index (Phi) is 6.65. The van der Waals surface area contributed by atoms with E-state index in [-0.39, 0.29) is 18.1 Å². The summed E-state index contributed by atoms with van der Waals surface area (Å²) in [5.74, 6) is -7.20. The molecule has 190 valence electrons. The Morgan fingerprint density at radius 3 is 2.42 bits per heavy atom. The number of pyridine rings is 1. The van der Waals surface area contributed by atoms with E-state index < -0.39 is 47.6 Å². The molecule has 2 heterocycles. The van der Waals surface area contributed by atoms with Crippen molar-refractivity contribution in [1.82, 2.24) is 4.98 Å². The van der Waals surface area contributed by atoms with Crippen molar-refractivity contribution in [3.63, 3.8) is 0 Å². The van der Waals surface area contributed by atoms with E-state index >= 15 is 0 Å². The lowest BCUT2D eigenvalue weighted by molar-refractivity contribution is -0.249. The number of rotatable bonds is 6. The van der Waals surface area contributed by atoms with Crippen LogP contribution in [0.5, 0.6) is 5.88 Å². The van der Waals surface area contributed by atoms with Crippen LogP contribution < -0.4 is 9.75 Å². The molecular formula is C24H18F7N3O2. The summed E-state index contributed by atoms with van der Waals surface area (Å²) in [5, 5.41) is 13.7. The third-order valence-corrected chi connectivity index (χ3v) is 5.68. The van der Waals surface area contributed by atoms with Crippen molar-refractivity contribution in [3.8, 4) is 17.0 Å². The number of nitrogens with zero attached hydrogens (tertiary/aromatic N) is 3. The smallest absolute Gasteiger partial charge is 0.459 e. The van der Waals surface area contributed by atoms with Gasteiger partial charge in [-0.15, -0.1) is 0 Å². The molecule has 2 aromatic carbocycles. The summed E-state index contributed by atoms with van der Waals surface area (Å²) in [4.78, 5) is 4.10. The van der Waals surface area contributed by atoms with Crippen molar-refractivity contribution in [1.29, 1.82) is 0 Å². The van der Waals surface area contributed by atoms with Gasteiger partial charge in [-0.2, -0.15) is 27.1 Å². The number of aliphatic hydroxyl groups is 1. The molecule has 1 aliphatic rings. The van der Waals surface area contributed by atoms with E-state index in [9.17, 15) is 35.8 Å². The molecule has 0 saturated heterocycles. The number of halogens is 7. The van der Waals surface area contributed by atoms with Crippen LogP contribution in [-0.4, -0.2) is 35.0 Å². The molecule has 0 spiro atoms. The number of aromatic nitrogens is 1. The van der Waals surface area contributed by atoms with Crippen LogP contribution in [-0.2, 0) is 6.61 Å². The number of alkyl halides is 5. The maximum absolute atomic E-state index is 14.5. The summed E-state index contributed by atoms with van der Waals surface area (Å²) in [6.07, 6.45) is -5.34. The first kappa shape index (κ1) is 25.4. The first-order valence-corrected chi connectivity index (χ1v) is 10.5. The lowest BCUT2D eigenvalue weighted by Crippen LogP contribution is -2.43. The van der Waals surface area contributed by atoms with Gasteiger partial charge in [0.2, 0.25) is 5.88 Å². The lowest BCUT2D eigenvalue weighted by atomic mass is 9.95. The molecule has 1 atom stereocenters. The van der Waals surface area contributed by atoms with E-state index in [1.54, 1.807) is 12.1 Å². The number of anilines is 1. The normalized spacial score (nSPS) is 16.3. The molecule has 0 fully saturated rings. The summed E-state index contributed by atoms with van der Waals surface area (Å²) in [6.45, 7) is -0.381. The van der Waals surface area contributed by atoms with Crippen molar-refractivity contribution in [3.05, 3.63) is 77.5 Å². The predicted octanol–water partition coefficient (Wildman–Crippen LogP) is 6.03. The number of ether oxygens (including phenoxy) is 1. The highest BCUT2D eigenvalue weighted by Gasteiger charge is 2.63. The minimum Gasteiger partial charge on any atom is -0.481 e. The monoisotopic (exact) mass is 513 g/mol. The largest absolute Gasteiger partial charge is 0.481 e. The Morgan fingerprint density at radius 1 is 1.03 bits per heavy atom. The average Bonchev–Trinajstić information content (AvgIpc) is 3.29. The zero-order valence-electron chi connectivity index (χ0n) is 18.5. The van der Waals surface area contributed by atoms with Crippen LogP contribution in [0.1, 0.15) is 23.6 Å². The van der Waals surface area contributed by atoms with Gasteiger partial charge in [0, 0.05) is 29.8 Å². The fraction of sp³-hybridized carbons (Fsp3) is 0.250. The molecule has 1 N–H and O–H groups in total. The Balaban J connectivity index is 1.79. The van der Waals surface area contributed by atoms with Crippen molar-refractivity contribution < 1.29 is 40.6 Å². The second-order valence-corrected chi connectivity index (χ2v) is 7.96. The first-order valence-electron chi connectivity index (χ1n) is 10.5. The van der Waals surface area contributed by atoms with E-state index in [2.05, 4.69) is 10.1 Å². The fourth-order valence-corrected chi connectivity index (χ4v) is 3.89. The number of methoxy groups -OCH3 is 1. The van der Waals surface area contributed by atoms with Crippen molar-refractivity contribution in [2.45, 2.75) is 31.2 Å². The number of hydrogen-bond donors (Lipinski definition) is 1. The molecule has 4 rings (SSSR count). The standard InChI is InChI=1S/C24H18F7N3O2/c1-36-22-16(12-35)8-15(11-32-22)13-3-2-4-14(7-13)20-10-21(23(27,28)24(29,30)31)33-34(20)19-6-5-17(25)9-18(19)26/h2-9,11,20,35H,10,12H2,1H3. The summed E-state index contributed by atoms with van der Waals surface area (Å²) in [7, 11) is 1.37. The van der Waals surface area contributed by atoms with Crippen LogP contribution in [0.2, 0.25) is 0 Å². The average molecular weight is 513 g/mol. The minimum absolute atomic E-state index is 0.193. The van der Waals surface area contributed by atoms with Gasteiger partial charge in [0.15, 0.2) is 5.82 Å². The Bertz CT molecular complexity index is 1310. The topological polar surface area (TPSA) is 58.0 Å². The summed E-state index contributed by atoms with van der Waals surface area (Å²) >= 11 is 0. The summed E-state index contributed by atoms with van der Waals surface area (Å²) in [5.41, 5.74) is -0.355. The highest BCUT2D eigenvalue weighted by molar-refractivity contribution is 5.95. The summed E-state index contributed by atoms with van der Waals surface area (Å²) < 4.78 is 101. The van der Waals surface area contributed by atoms with E-state index in [0.717, 1.165) is 12.1 Å². The van der Waals surface area contributed by atoms with Crippen LogP contribution in [0, 0.1) is 11.6 Å². The van der Waals surface area contributed by atoms with Gasteiger partial charge >= 0.3 is 12.1 Å². The lowest BCUT2D eigenvalue weighted by Gasteiger charge is -2.25. The molecule has 1 aromatic heterocycles. The summed E-state index contributed by atoms with van der Waals surface area (Å²) in [6, 6.07) is 8.72. The molecule has 0 bridgehead atoms. The molecule has 1 aliphatic heterocycles. The number of benzene rings is 2. The van der Waals surface area contributed by atoms with Gasteiger partial charge in [0.1, 0.15) is 11.5 Å². The third-order valence-electron chi connectivity index (χ3n) is 5.68. The maximum Gasteiger partial charge on any atom is 0.459 e. The fourth-order valence-electron chi connectivity index (χ4n) is 3.89. The van der Waals surface area contributed by atoms with Gasteiger partial charge in [-0.25, -0.2) is 13.8 Å². The Hall–Kier alpha value is -3.67. The van der Waals surface area contributed by atoms with E-state index in [1.165, 1.54) is 31.5 Å². The van der Waals surface area contributed by atoms with Crippen molar-refractivity contribution >= 4 is 11.4 Å². The van der Waals surface area contributed by atoms with Gasteiger partial charge in [0.25, 0.3) is 0 Å². The van der Waals surface area contributed by atoms with Gasteiger partial charge in [-0.05, 0) is 35.4 Å². The van der Waals surface area contributed by atoms with Crippen LogP contribution in [0.15, 0.2) is 59.8 Å². The molecule has 0 aliphatic carbocycles. The molecule has 3 aromatic rings. The van der Waals surface area contributed by atoms with Crippen molar-refractivity contribution in [2.24, 2.45) is 5.10 Å². The van der Waals surface area contributed by atoms with Gasteiger partial charge in [-0.3, -0.25) is 5.01 Å². The zero-order chi connectivity index (χ0) is 26.3. The molecule has 12 heteroatoms.